The molecule has 4 N–H and O–H groups in total. The Morgan fingerprint density at radius 3 is 1.71 bits per heavy atom. The third-order valence-corrected chi connectivity index (χ3v) is 11.4. The number of ether oxygens (including phenoxy) is 2. The first-order valence-corrected chi connectivity index (χ1v) is 26.1. The summed E-state index contributed by atoms with van der Waals surface area (Å²) < 4.78 is 32.7. The van der Waals surface area contributed by atoms with E-state index in [9.17, 15) is 29.3 Å². The van der Waals surface area contributed by atoms with E-state index >= 15 is 0 Å². The minimum atomic E-state index is -4.65. The number of phosphoric acid groups is 1. The number of rotatable bonds is 45. The second-order valence-electron chi connectivity index (χ2n) is 17.2. The van der Waals surface area contributed by atoms with Crippen LogP contribution in [0, 0.1) is 5.92 Å². The topological polar surface area (TPSA) is 169 Å². The van der Waals surface area contributed by atoms with E-state index < -0.39 is 57.9 Å². The van der Waals surface area contributed by atoms with Gasteiger partial charge in [-0.15, -0.1) is 0 Å². The van der Waals surface area contributed by atoms with Gasteiger partial charge in [0.1, 0.15) is 12.7 Å². The van der Waals surface area contributed by atoms with Crippen molar-refractivity contribution in [3.63, 3.8) is 0 Å². The first kappa shape index (κ1) is 59.9. The third kappa shape index (κ3) is 44.5. The van der Waals surface area contributed by atoms with Crippen LogP contribution in [0.5, 0.6) is 0 Å². The molecule has 1 unspecified atom stereocenters. The summed E-state index contributed by atoms with van der Waals surface area (Å²) in [5.41, 5.74) is 0. The van der Waals surface area contributed by atoms with Crippen LogP contribution in [0.15, 0.2) is 48.6 Å². The summed E-state index contributed by atoms with van der Waals surface area (Å²) in [4.78, 5) is 35.1. The number of esters is 2. The first-order valence-electron chi connectivity index (χ1n) is 24.6. The largest absolute Gasteiger partial charge is 0.472 e. The Kier molecular flexibility index (Phi) is 42.6. The molecule has 0 fully saturated rings. The molecule has 0 aliphatic rings. The van der Waals surface area contributed by atoms with Crippen LogP contribution in [0.4, 0.5) is 0 Å². The van der Waals surface area contributed by atoms with Crippen LogP contribution < -0.4 is 0 Å². The lowest BCUT2D eigenvalue weighted by Crippen LogP contribution is -2.29. The Hall–Kier alpha value is -2.11. The average Bonchev–Trinajstić information content (AvgIpc) is 3.24. The summed E-state index contributed by atoms with van der Waals surface area (Å²) in [6.07, 6.45) is 44.0. The van der Waals surface area contributed by atoms with Gasteiger partial charge in [0.25, 0.3) is 0 Å². The quantitative estimate of drug-likeness (QED) is 0.0151. The van der Waals surface area contributed by atoms with E-state index in [1.165, 1.54) is 116 Å². The molecule has 0 aliphatic heterocycles. The molecule has 11 nitrogen and oxygen atoms in total. The number of allylic oxidation sites excluding steroid dienone is 6. The van der Waals surface area contributed by atoms with Crippen LogP contribution in [0.1, 0.15) is 207 Å². The smallest absolute Gasteiger partial charge is 0.462 e. The highest BCUT2D eigenvalue weighted by atomic mass is 31.2. The van der Waals surface area contributed by atoms with Gasteiger partial charge in [-0.2, -0.15) is 0 Å². The SMILES string of the molecule is CCCCC/C=C\C=C/[C@H](O)C/C=C\C/C=C/CCCC(=O)O[C@H](COC(=O)CCCCCCCCCCCCCCCCCCCCC(C)C)COP(=O)(O)OC[C@@H](O)CO. The number of hydrogen-bond acceptors (Lipinski definition) is 10. The molecular formula is C50H91O11P. The molecule has 0 spiro atoms. The fourth-order valence-corrected chi connectivity index (χ4v) is 7.45. The zero-order valence-electron chi connectivity index (χ0n) is 39.4. The highest BCUT2D eigenvalue weighted by molar-refractivity contribution is 7.47. The second-order valence-corrected chi connectivity index (χ2v) is 18.6. The van der Waals surface area contributed by atoms with E-state index in [1.807, 2.05) is 36.5 Å². The summed E-state index contributed by atoms with van der Waals surface area (Å²) >= 11 is 0. The van der Waals surface area contributed by atoms with E-state index in [0.29, 0.717) is 32.1 Å². The zero-order valence-corrected chi connectivity index (χ0v) is 40.3. The predicted molar refractivity (Wildman–Crippen MR) is 253 cm³/mol. The molecule has 0 saturated carbocycles. The number of aliphatic hydroxyl groups excluding tert-OH is 3. The molecule has 0 aromatic heterocycles. The zero-order chi connectivity index (χ0) is 45.8. The maximum Gasteiger partial charge on any atom is 0.472 e. The molecule has 62 heavy (non-hydrogen) atoms. The fourth-order valence-electron chi connectivity index (χ4n) is 6.66. The van der Waals surface area contributed by atoms with Crippen molar-refractivity contribution in [3.05, 3.63) is 48.6 Å². The Balaban J connectivity index is 4.31. The van der Waals surface area contributed by atoms with Crippen LogP contribution >= 0.6 is 7.82 Å². The van der Waals surface area contributed by atoms with Gasteiger partial charge in [0.2, 0.25) is 0 Å². The van der Waals surface area contributed by atoms with Crippen molar-refractivity contribution in [2.24, 2.45) is 5.92 Å². The monoisotopic (exact) mass is 899 g/mol. The molecule has 0 rings (SSSR count). The summed E-state index contributed by atoms with van der Waals surface area (Å²) in [6, 6.07) is 0. The summed E-state index contributed by atoms with van der Waals surface area (Å²) in [5, 5.41) is 28.5. The van der Waals surface area contributed by atoms with E-state index in [-0.39, 0.29) is 19.4 Å². The Morgan fingerprint density at radius 2 is 1.13 bits per heavy atom. The molecule has 0 amide bonds. The van der Waals surface area contributed by atoms with Crippen LogP contribution in [0.25, 0.3) is 0 Å². The van der Waals surface area contributed by atoms with Gasteiger partial charge in [0.15, 0.2) is 6.10 Å². The van der Waals surface area contributed by atoms with Gasteiger partial charge in [0.05, 0.1) is 25.9 Å². The molecule has 4 atom stereocenters. The summed E-state index contributed by atoms with van der Waals surface area (Å²) in [5.74, 6) is -0.188. The minimum absolute atomic E-state index is 0.0746. The van der Waals surface area contributed by atoms with Crippen molar-refractivity contribution in [1.29, 1.82) is 0 Å². The highest BCUT2D eigenvalue weighted by Crippen LogP contribution is 2.43. The van der Waals surface area contributed by atoms with Gasteiger partial charge >= 0.3 is 19.8 Å². The molecule has 362 valence electrons. The minimum Gasteiger partial charge on any atom is -0.462 e. The maximum absolute atomic E-state index is 12.6. The number of unbranched alkanes of at least 4 members (excludes halogenated alkanes) is 21. The van der Waals surface area contributed by atoms with Gasteiger partial charge in [-0.05, 0) is 50.9 Å². The van der Waals surface area contributed by atoms with E-state index in [1.54, 1.807) is 6.08 Å². The summed E-state index contributed by atoms with van der Waals surface area (Å²) in [6.45, 7) is 4.57. The maximum atomic E-state index is 12.6. The van der Waals surface area contributed by atoms with Gasteiger partial charge in [0, 0.05) is 12.8 Å². The lowest BCUT2D eigenvalue weighted by molar-refractivity contribution is -0.161. The number of aliphatic hydroxyl groups is 3. The van der Waals surface area contributed by atoms with Crippen molar-refractivity contribution in [2.45, 2.75) is 225 Å². The number of hydrogen-bond donors (Lipinski definition) is 4. The Bertz CT molecular complexity index is 1200. The van der Waals surface area contributed by atoms with Crippen molar-refractivity contribution >= 4 is 19.8 Å². The van der Waals surface area contributed by atoms with Crippen molar-refractivity contribution in [1.82, 2.24) is 0 Å². The van der Waals surface area contributed by atoms with Gasteiger partial charge in [-0.1, -0.05) is 198 Å². The van der Waals surface area contributed by atoms with Crippen molar-refractivity contribution < 1.29 is 52.9 Å². The molecule has 0 aromatic carbocycles. The fraction of sp³-hybridized carbons (Fsp3) is 0.800. The first-order chi connectivity index (χ1) is 30.0. The van der Waals surface area contributed by atoms with Crippen LogP contribution in [-0.2, 0) is 32.7 Å². The molecule has 0 aliphatic carbocycles. The molecule has 0 saturated heterocycles. The normalized spacial score (nSPS) is 14.7. The molecule has 0 bridgehead atoms. The van der Waals surface area contributed by atoms with Gasteiger partial charge in [-0.25, -0.2) is 4.57 Å². The predicted octanol–water partition coefficient (Wildman–Crippen LogP) is 12.5. The lowest BCUT2D eigenvalue weighted by atomic mass is 10.0. The number of phosphoric ester groups is 1. The van der Waals surface area contributed by atoms with Gasteiger partial charge in [-0.3, -0.25) is 18.6 Å². The second kappa shape index (κ2) is 44.1. The lowest BCUT2D eigenvalue weighted by Gasteiger charge is -2.20. The number of carbonyl (C=O) groups is 2. The molecule has 0 radical (unpaired) electrons. The average molecular weight is 899 g/mol. The molecule has 0 aromatic rings. The standard InChI is InChI=1S/C50H91O11P/c1-4-5-6-7-21-27-32-37-46(52)38-33-28-23-20-25-30-35-40-50(55)61-48(44-60-62(56,57)59-42-47(53)41-51)43-58-49(54)39-34-29-24-19-17-15-13-11-9-8-10-12-14-16-18-22-26-31-36-45(2)3/h20-21,25,27-28,32-33,37,45-48,51-53H,4-19,22-24,26,29-31,34-36,38-44H2,1-3H3,(H,56,57)/b25-20+,27-21-,33-28-,37-32-/t46-,47-,48+/m0/s1. The van der Waals surface area contributed by atoms with E-state index in [0.717, 1.165) is 31.6 Å². The van der Waals surface area contributed by atoms with E-state index in [2.05, 4.69) is 31.4 Å². The van der Waals surface area contributed by atoms with E-state index in [4.69, 9.17) is 19.1 Å². The molecular weight excluding hydrogens is 808 g/mol. The number of carbonyl (C=O) groups excluding carboxylic acids is 2. The summed E-state index contributed by atoms with van der Waals surface area (Å²) in [7, 11) is -4.65. The molecule has 0 heterocycles. The van der Waals surface area contributed by atoms with Crippen LogP contribution in [0.3, 0.4) is 0 Å². The van der Waals surface area contributed by atoms with Crippen LogP contribution in [-0.4, -0.2) is 76.9 Å². The van der Waals surface area contributed by atoms with Gasteiger partial charge < -0.3 is 29.7 Å². The van der Waals surface area contributed by atoms with Crippen molar-refractivity contribution in [3.8, 4) is 0 Å². The van der Waals surface area contributed by atoms with Crippen molar-refractivity contribution in [2.75, 3.05) is 26.4 Å². The Labute approximate surface area is 377 Å². The Morgan fingerprint density at radius 1 is 0.597 bits per heavy atom. The highest BCUT2D eigenvalue weighted by Gasteiger charge is 2.27. The van der Waals surface area contributed by atoms with Crippen LogP contribution in [0.2, 0.25) is 0 Å². The third-order valence-electron chi connectivity index (χ3n) is 10.5. The molecule has 12 heteroatoms.